The van der Waals surface area contributed by atoms with Gasteiger partial charge in [-0.25, -0.2) is 0 Å². The molecule has 0 unspecified atom stereocenters. The number of hydrogen-bond donors (Lipinski definition) is 0. The summed E-state index contributed by atoms with van der Waals surface area (Å²) >= 11 is 7.63. The van der Waals surface area contributed by atoms with Gasteiger partial charge in [0, 0.05) is 18.8 Å². The van der Waals surface area contributed by atoms with Crippen molar-refractivity contribution in [3.8, 4) is 0 Å². The second kappa shape index (κ2) is 6.36. The van der Waals surface area contributed by atoms with Crippen LogP contribution in [0.2, 0.25) is 0 Å². The molecule has 1 atom stereocenters. The summed E-state index contributed by atoms with van der Waals surface area (Å²) in [4.78, 5) is 28.1. The number of carbonyl (C=O) groups excluding carboxylic acids is 2. The fourth-order valence-electron chi connectivity index (χ4n) is 3.39. The zero-order chi connectivity index (χ0) is 16.6. The molecule has 6 heteroatoms. The molecule has 3 rings (SSSR count). The number of aryl methyl sites for hydroxylation is 1. The van der Waals surface area contributed by atoms with Crippen molar-refractivity contribution in [3.63, 3.8) is 0 Å². The number of hydrogen-bond acceptors (Lipinski definition) is 3. The lowest BCUT2D eigenvalue weighted by atomic mass is 10.0. The zero-order valence-electron chi connectivity index (χ0n) is 13.4. The minimum atomic E-state index is -0.491. The summed E-state index contributed by atoms with van der Waals surface area (Å²) < 4.78 is 0. The molecule has 2 heterocycles. The first-order valence-electron chi connectivity index (χ1n) is 7.89. The van der Waals surface area contributed by atoms with Crippen LogP contribution in [-0.4, -0.2) is 45.8 Å². The van der Waals surface area contributed by atoms with E-state index in [1.807, 2.05) is 34.9 Å². The standard InChI is InChI=1S/C17H21ClN2O2S/c1-12-4-3-5-14(10-12)20-15(21)11-23-17(20)6-8-19(9-7-17)16(22)13(2)18/h3-5,10,13H,6-9,11H2,1-2H3/t13-/m0/s1. The number of nitrogens with zero attached hydrogens (tertiary/aromatic N) is 2. The number of alkyl halides is 1. The quantitative estimate of drug-likeness (QED) is 0.768. The van der Waals surface area contributed by atoms with Gasteiger partial charge in [-0.1, -0.05) is 12.1 Å². The number of rotatable bonds is 2. The highest BCUT2D eigenvalue weighted by Gasteiger charge is 2.49. The number of halogens is 1. The van der Waals surface area contributed by atoms with Gasteiger partial charge in [-0.3, -0.25) is 14.5 Å². The maximum atomic E-state index is 12.5. The van der Waals surface area contributed by atoms with Gasteiger partial charge in [0.15, 0.2) is 0 Å². The molecule has 23 heavy (non-hydrogen) atoms. The Morgan fingerprint density at radius 1 is 1.35 bits per heavy atom. The van der Waals surface area contributed by atoms with Gasteiger partial charge in [0.25, 0.3) is 0 Å². The number of likely N-dealkylation sites (tertiary alicyclic amines) is 1. The first kappa shape index (κ1) is 16.7. The normalized spacial score (nSPS) is 21.8. The zero-order valence-corrected chi connectivity index (χ0v) is 15.0. The van der Waals surface area contributed by atoms with E-state index in [1.165, 1.54) is 0 Å². The molecule has 2 amide bonds. The van der Waals surface area contributed by atoms with Crippen LogP contribution >= 0.6 is 23.4 Å². The SMILES string of the molecule is Cc1cccc(N2C(=O)CSC23CCN(C(=O)[C@H](C)Cl)CC3)c1. The molecule has 2 fully saturated rings. The number of amides is 2. The molecule has 0 aromatic heterocycles. The van der Waals surface area contributed by atoms with Gasteiger partial charge in [0.1, 0.15) is 5.38 Å². The van der Waals surface area contributed by atoms with Crippen LogP contribution in [0, 0.1) is 6.92 Å². The number of piperidine rings is 1. The lowest BCUT2D eigenvalue weighted by Gasteiger charge is -2.44. The third-order valence-corrected chi connectivity index (χ3v) is 6.28. The Bertz CT molecular complexity index is 627. The maximum absolute atomic E-state index is 12.5. The van der Waals surface area contributed by atoms with Crippen molar-refractivity contribution in [2.24, 2.45) is 0 Å². The van der Waals surface area contributed by atoms with Gasteiger partial charge in [-0.15, -0.1) is 23.4 Å². The molecule has 2 aliphatic rings. The van der Waals surface area contributed by atoms with Crippen molar-refractivity contribution in [1.29, 1.82) is 0 Å². The third kappa shape index (κ3) is 3.09. The molecule has 0 aliphatic carbocycles. The Hall–Kier alpha value is -1.20. The van der Waals surface area contributed by atoms with Crippen molar-refractivity contribution in [3.05, 3.63) is 29.8 Å². The molecule has 1 spiro atoms. The smallest absolute Gasteiger partial charge is 0.240 e. The van der Waals surface area contributed by atoms with Gasteiger partial charge < -0.3 is 4.90 Å². The highest BCUT2D eigenvalue weighted by atomic mass is 35.5. The molecule has 1 aromatic carbocycles. The van der Waals surface area contributed by atoms with Crippen LogP contribution in [0.15, 0.2) is 24.3 Å². The summed E-state index contributed by atoms with van der Waals surface area (Å²) in [6, 6.07) is 8.08. The van der Waals surface area contributed by atoms with Crippen LogP contribution in [0.5, 0.6) is 0 Å². The Labute approximate surface area is 146 Å². The molecule has 0 saturated carbocycles. The summed E-state index contributed by atoms with van der Waals surface area (Å²) in [5.74, 6) is 0.650. The number of carbonyl (C=O) groups is 2. The summed E-state index contributed by atoms with van der Waals surface area (Å²) in [6.45, 7) is 5.05. The van der Waals surface area contributed by atoms with Crippen LogP contribution in [-0.2, 0) is 9.59 Å². The van der Waals surface area contributed by atoms with Gasteiger partial charge in [-0.05, 0) is 44.4 Å². The van der Waals surface area contributed by atoms with Gasteiger partial charge in [0.05, 0.1) is 10.6 Å². The second-order valence-electron chi connectivity index (χ2n) is 6.24. The van der Waals surface area contributed by atoms with Crippen molar-refractivity contribution >= 4 is 40.9 Å². The van der Waals surface area contributed by atoms with E-state index >= 15 is 0 Å². The highest BCUT2D eigenvalue weighted by Crippen LogP contribution is 2.46. The summed E-state index contributed by atoms with van der Waals surface area (Å²) in [6.07, 6.45) is 1.57. The Kier molecular flexibility index (Phi) is 4.61. The van der Waals surface area contributed by atoms with E-state index in [9.17, 15) is 9.59 Å². The topological polar surface area (TPSA) is 40.6 Å². The minimum absolute atomic E-state index is 0.0158. The summed E-state index contributed by atoms with van der Waals surface area (Å²) in [7, 11) is 0. The van der Waals surface area contributed by atoms with E-state index in [-0.39, 0.29) is 16.7 Å². The van der Waals surface area contributed by atoms with E-state index < -0.39 is 5.38 Å². The van der Waals surface area contributed by atoms with Gasteiger partial charge >= 0.3 is 0 Å². The Morgan fingerprint density at radius 2 is 2.04 bits per heavy atom. The molecular weight excluding hydrogens is 332 g/mol. The average Bonchev–Trinajstić information content (AvgIpc) is 2.84. The molecule has 0 bridgehead atoms. The van der Waals surface area contributed by atoms with Gasteiger partial charge in [-0.2, -0.15) is 0 Å². The lowest BCUT2D eigenvalue weighted by Crippen LogP contribution is -2.54. The predicted octanol–water partition coefficient (Wildman–Crippen LogP) is 3.02. The summed E-state index contributed by atoms with van der Waals surface area (Å²) in [5, 5.41) is -0.491. The van der Waals surface area contributed by atoms with E-state index in [2.05, 4.69) is 6.07 Å². The monoisotopic (exact) mass is 352 g/mol. The van der Waals surface area contributed by atoms with Crippen LogP contribution in [0.25, 0.3) is 0 Å². The molecule has 124 valence electrons. The van der Waals surface area contributed by atoms with Crippen LogP contribution in [0.4, 0.5) is 5.69 Å². The third-order valence-electron chi connectivity index (χ3n) is 4.58. The minimum Gasteiger partial charge on any atom is -0.341 e. The lowest BCUT2D eigenvalue weighted by molar-refractivity contribution is -0.131. The molecule has 1 aromatic rings. The Balaban J connectivity index is 1.82. The van der Waals surface area contributed by atoms with E-state index in [1.54, 1.807) is 18.7 Å². The van der Waals surface area contributed by atoms with Crippen LogP contribution in [0.3, 0.4) is 0 Å². The predicted molar refractivity (Wildman–Crippen MR) is 95.0 cm³/mol. The fourth-order valence-corrected chi connectivity index (χ4v) is 4.86. The molecule has 0 N–H and O–H groups in total. The molecular formula is C17H21ClN2O2S. The van der Waals surface area contributed by atoms with Crippen molar-refractivity contribution in [2.45, 2.75) is 36.9 Å². The number of thioether (sulfide) groups is 1. The first-order chi connectivity index (χ1) is 10.9. The number of anilines is 1. The molecule has 2 saturated heterocycles. The Morgan fingerprint density at radius 3 is 2.65 bits per heavy atom. The van der Waals surface area contributed by atoms with E-state index in [0.717, 1.165) is 24.1 Å². The van der Waals surface area contributed by atoms with Gasteiger partial charge in [0.2, 0.25) is 11.8 Å². The van der Waals surface area contributed by atoms with Crippen LogP contribution < -0.4 is 4.90 Å². The van der Waals surface area contributed by atoms with Crippen LogP contribution in [0.1, 0.15) is 25.3 Å². The molecule has 4 nitrogen and oxygen atoms in total. The highest BCUT2D eigenvalue weighted by molar-refractivity contribution is 8.02. The van der Waals surface area contributed by atoms with Crippen molar-refractivity contribution < 1.29 is 9.59 Å². The molecule has 0 radical (unpaired) electrons. The van der Waals surface area contributed by atoms with Crippen molar-refractivity contribution in [2.75, 3.05) is 23.7 Å². The fraction of sp³-hybridized carbons (Fsp3) is 0.529. The molecule has 2 aliphatic heterocycles. The maximum Gasteiger partial charge on any atom is 0.240 e. The van der Waals surface area contributed by atoms with E-state index in [0.29, 0.717) is 18.8 Å². The van der Waals surface area contributed by atoms with Crippen molar-refractivity contribution in [1.82, 2.24) is 4.90 Å². The largest absolute Gasteiger partial charge is 0.341 e. The van der Waals surface area contributed by atoms with E-state index in [4.69, 9.17) is 11.6 Å². The summed E-state index contributed by atoms with van der Waals surface area (Å²) in [5.41, 5.74) is 2.11. The average molecular weight is 353 g/mol. The number of benzene rings is 1. The first-order valence-corrected chi connectivity index (χ1v) is 9.32. The second-order valence-corrected chi connectivity index (χ2v) is 8.24.